The molecule has 0 heterocycles. The molecule has 9 nitrogen and oxygen atoms in total. The first-order valence-electron chi connectivity index (χ1n) is 8.42. The van der Waals surface area contributed by atoms with E-state index < -0.39 is 29.5 Å². The molecule has 154 valence electrons. The van der Waals surface area contributed by atoms with Gasteiger partial charge in [0.15, 0.2) is 0 Å². The summed E-state index contributed by atoms with van der Waals surface area (Å²) in [6.45, 7) is 8.20. The number of hydrogen-bond acceptors (Lipinski definition) is 9. The zero-order valence-electron chi connectivity index (χ0n) is 16.3. The predicted octanol–water partition coefficient (Wildman–Crippen LogP) is 1.33. The van der Waals surface area contributed by atoms with E-state index in [4.69, 9.17) is 23.7 Å². The van der Waals surface area contributed by atoms with Crippen molar-refractivity contribution >= 4 is 23.9 Å². The van der Waals surface area contributed by atoms with Crippen molar-refractivity contribution in [2.45, 2.75) is 45.6 Å². The van der Waals surface area contributed by atoms with Gasteiger partial charge in [0.25, 0.3) is 0 Å². The van der Waals surface area contributed by atoms with Crippen LogP contribution in [0.25, 0.3) is 0 Å². The van der Waals surface area contributed by atoms with Crippen LogP contribution in [-0.4, -0.2) is 63.0 Å². The monoisotopic (exact) mass is 388 g/mol. The number of ether oxygens (including phenoxy) is 5. The number of esters is 4. The van der Waals surface area contributed by atoms with Gasteiger partial charge in [-0.1, -0.05) is 6.58 Å². The van der Waals surface area contributed by atoms with Crippen molar-refractivity contribution in [2.24, 2.45) is 0 Å². The van der Waals surface area contributed by atoms with Crippen molar-refractivity contribution in [1.82, 2.24) is 0 Å². The standard InChI is InChI=1S/C18H28O9/c1-13(2)17(22)26-11-10-25-15(20)7-6-14(19)24-9-8-16(21)27-18(3,4)12-23-5/h1,6-12H2,2-5H3. The lowest BCUT2D eigenvalue weighted by Gasteiger charge is -2.23. The SMILES string of the molecule is C=C(C)C(=O)OCCOC(=O)CCC(=O)OCCC(=O)OC(C)(C)COC. The van der Waals surface area contributed by atoms with Crippen molar-refractivity contribution in [3.8, 4) is 0 Å². The maximum Gasteiger partial charge on any atom is 0.333 e. The Morgan fingerprint density at radius 2 is 1.33 bits per heavy atom. The molecule has 0 saturated carbocycles. The van der Waals surface area contributed by atoms with Gasteiger partial charge in [0.2, 0.25) is 0 Å². The molecule has 0 aliphatic rings. The van der Waals surface area contributed by atoms with E-state index in [0.717, 1.165) is 0 Å². The smallest absolute Gasteiger partial charge is 0.333 e. The molecule has 0 radical (unpaired) electrons. The molecular weight excluding hydrogens is 360 g/mol. The van der Waals surface area contributed by atoms with Crippen molar-refractivity contribution in [3.63, 3.8) is 0 Å². The fraction of sp³-hybridized carbons (Fsp3) is 0.667. The van der Waals surface area contributed by atoms with Gasteiger partial charge in [0.05, 0.1) is 25.9 Å². The second-order valence-electron chi connectivity index (χ2n) is 6.27. The molecule has 0 aromatic heterocycles. The average Bonchev–Trinajstić information content (AvgIpc) is 2.55. The van der Waals surface area contributed by atoms with Gasteiger partial charge in [-0.15, -0.1) is 0 Å². The second kappa shape index (κ2) is 12.9. The third kappa shape index (κ3) is 13.4. The Morgan fingerprint density at radius 3 is 1.85 bits per heavy atom. The van der Waals surface area contributed by atoms with Crippen LogP contribution < -0.4 is 0 Å². The number of rotatable bonds is 13. The summed E-state index contributed by atoms with van der Waals surface area (Å²) in [5.74, 6) is -2.35. The number of methoxy groups -OCH3 is 1. The first kappa shape index (κ1) is 24.6. The molecular formula is C18H28O9. The minimum atomic E-state index is -0.766. The molecule has 0 aromatic carbocycles. The molecule has 0 spiro atoms. The number of carbonyl (C=O) groups is 4. The summed E-state index contributed by atoms with van der Waals surface area (Å²) in [7, 11) is 1.50. The van der Waals surface area contributed by atoms with E-state index in [1.165, 1.54) is 14.0 Å². The lowest BCUT2D eigenvalue weighted by molar-refractivity contribution is -0.163. The minimum Gasteiger partial charge on any atom is -0.465 e. The summed E-state index contributed by atoms with van der Waals surface area (Å²) in [5.41, 5.74) is -0.520. The third-order valence-corrected chi connectivity index (χ3v) is 2.91. The molecule has 0 aromatic rings. The van der Waals surface area contributed by atoms with Crippen LogP contribution in [0, 0.1) is 0 Å². The summed E-state index contributed by atoms with van der Waals surface area (Å²) in [4.78, 5) is 45.7. The van der Waals surface area contributed by atoms with Gasteiger partial charge in [-0.3, -0.25) is 14.4 Å². The maximum atomic E-state index is 11.6. The highest BCUT2D eigenvalue weighted by molar-refractivity contribution is 5.86. The third-order valence-electron chi connectivity index (χ3n) is 2.91. The normalized spacial score (nSPS) is 10.7. The van der Waals surface area contributed by atoms with E-state index in [1.54, 1.807) is 13.8 Å². The van der Waals surface area contributed by atoms with Gasteiger partial charge in [-0.2, -0.15) is 0 Å². The lowest BCUT2D eigenvalue weighted by Crippen LogP contribution is -2.33. The summed E-state index contributed by atoms with van der Waals surface area (Å²) in [6.07, 6.45) is -0.468. The zero-order chi connectivity index (χ0) is 20.9. The van der Waals surface area contributed by atoms with Crippen LogP contribution in [0.3, 0.4) is 0 Å². The van der Waals surface area contributed by atoms with Gasteiger partial charge < -0.3 is 23.7 Å². The largest absolute Gasteiger partial charge is 0.465 e. The van der Waals surface area contributed by atoms with Crippen LogP contribution in [0.15, 0.2) is 12.2 Å². The van der Waals surface area contributed by atoms with Gasteiger partial charge >= 0.3 is 23.9 Å². The van der Waals surface area contributed by atoms with Gasteiger partial charge in [0.1, 0.15) is 25.4 Å². The Labute approximate surface area is 158 Å². The Balaban J connectivity index is 3.81. The molecule has 0 unspecified atom stereocenters. The van der Waals surface area contributed by atoms with Crippen molar-refractivity contribution in [3.05, 3.63) is 12.2 Å². The molecule has 0 aliphatic carbocycles. The Bertz CT molecular complexity index is 537. The fourth-order valence-electron chi connectivity index (χ4n) is 1.75. The van der Waals surface area contributed by atoms with Crippen LogP contribution in [0.4, 0.5) is 0 Å². The molecule has 0 fully saturated rings. The summed E-state index contributed by atoms with van der Waals surface area (Å²) in [5, 5.41) is 0. The van der Waals surface area contributed by atoms with Crippen molar-refractivity contribution in [1.29, 1.82) is 0 Å². The molecule has 0 bridgehead atoms. The second-order valence-corrected chi connectivity index (χ2v) is 6.27. The highest BCUT2D eigenvalue weighted by atomic mass is 16.6. The maximum absolute atomic E-state index is 11.6. The molecule has 0 N–H and O–H groups in total. The van der Waals surface area contributed by atoms with Crippen molar-refractivity contribution in [2.75, 3.05) is 33.5 Å². The first-order chi connectivity index (χ1) is 12.6. The minimum absolute atomic E-state index is 0.0938. The summed E-state index contributed by atoms with van der Waals surface area (Å²) >= 11 is 0. The van der Waals surface area contributed by atoms with E-state index in [0.29, 0.717) is 0 Å². The van der Waals surface area contributed by atoms with Crippen LogP contribution in [0.5, 0.6) is 0 Å². The molecule has 9 heteroatoms. The first-order valence-corrected chi connectivity index (χ1v) is 8.42. The van der Waals surface area contributed by atoms with E-state index >= 15 is 0 Å². The van der Waals surface area contributed by atoms with Crippen molar-refractivity contribution < 1.29 is 42.9 Å². The van der Waals surface area contributed by atoms with Crippen LogP contribution in [0.1, 0.15) is 40.0 Å². The van der Waals surface area contributed by atoms with Crippen LogP contribution in [-0.2, 0) is 42.9 Å². The van der Waals surface area contributed by atoms with Crippen LogP contribution >= 0.6 is 0 Å². The molecule has 0 aliphatic heterocycles. The molecule has 0 rings (SSSR count). The van der Waals surface area contributed by atoms with Gasteiger partial charge in [-0.25, -0.2) is 4.79 Å². The molecule has 27 heavy (non-hydrogen) atoms. The van der Waals surface area contributed by atoms with E-state index in [1.807, 2.05) is 0 Å². The molecule has 0 saturated heterocycles. The molecule has 0 amide bonds. The highest BCUT2D eigenvalue weighted by Crippen LogP contribution is 2.10. The summed E-state index contributed by atoms with van der Waals surface area (Å²) in [6, 6.07) is 0. The Kier molecular flexibility index (Phi) is 11.7. The highest BCUT2D eigenvalue weighted by Gasteiger charge is 2.22. The lowest BCUT2D eigenvalue weighted by atomic mass is 10.1. The predicted molar refractivity (Wildman–Crippen MR) is 93.6 cm³/mol. The average molecular weight is 388 g/mol. The van der Waals surface area contributed by atoms with Gasteiger partial charge in [0, 0.05) is 12.7 Å². The van der Waals surface area contributed by atoms with E-state index in [-0.39, 0.29) is 51.3 Å². The fourth-order valence-corrected chi connectivity index (χ4v) is 1.75. The van der Waals surface area contributed by atoms with E-state index in [2.05, 4.69) is 6.58 Å². The summed E-state index contributed by atoms with van der Waals surface area (Å²) < 4.78 is 24.5. The van der Waals surface area contributed by atoms with Crippen LogP contribution in [0.2, 0.25) is 0 Å². The zero-order valence-corrected chi connectivity index (χ0v) is 16.3. The quantitative estimate of drug-likeness (QED) is 0.199. The Hall–Kier alpha value is -2.42. The Morgan fingerprint density at radius 1 is 0.815 bits per heavy atom. The van der Waals surface area contributed by atoms with E-state index in [9.17, 15) is 19.2 Å². The number of hydrogen-bond donors (Lipinski definition) is 0. The molecule has 0 atom stereocenters. The number of carbonyl (C=O) groups excluding carboxylic acids is 4. The topological polar surface area (TPSA) is 114 Å². The van der Waals surface area contributed by atoms with Gasteiger partial charge in [-0.05, 0) is 20.8 Å².